The van der Waals surface area contributed by atoms with Gasteiger partial charge in [-0.1, -0.05) is 43.9 Å². The summed E-state index contributed by atoms with van der Waals surface area (Å²) in [6.45, 7) is 9.57. The number of amides is 8. The number of nitrogens with one attached hydrogen (secondary N) is 8. The van der Waals surface area contributed by atoms with Crippen molar-refractivity contribution in [2.75, 3.05) is 143 Å². The molecule has 0 saturated heterocycles. The number of carbonyl (C=O) groups excluding carboxylic acids is 8. The van der Waals surface area contributed by atoms with Crippen molar-refractivity contribution in [2.24, 2.45) is 23.7 Å². The average Bonchev–Trinajstić information content (AvgIpc) is 3.57. The van der Waals surface area contributed by atoms with E-state index >= 15 is 0 Å². The fraction of sp³-hybridized carbons (Fsp3) is 0.673. The minimum Gasteiger partial charge on any atom is -0.376 e. The molecule has 81 heavy (non-hydrogen) atoms. The smallest absolute Gasteiger partial charge is 0.249 e. The number of nitrogens with zero attached hydrogens (tertiary/aromatic N) is 2. The van der Waals surface area contributed by atoms with E-state index in [1.54, 1.807) is 25.2 Å². The molecule has 8 amide bonds. The Morgan fingerprint density at radius 3 is 1.16 bits per heavy atom. The Hall–Kier alpha value is -4.38. The van der Waals surface area contributed by atoms with Gasteiger partial charge in [0.2, 0.25) is 47.3 Å². The molecule has 456 valence electrons. The normalized spacial score (nSPS) is 20.8. The quantitative estimate of drug-likeness (QED) is 0.0222. The largest absolute Gasteiger partial charge is 0.376 e. The number of allylic oxidation sites excluding steroid dienone is 5. The zero-order valence-corrected chi connectivity index (χ0v) is 51.3. The average molecular weight is 1210 g/mol. The molecule has 0 spiro atoms. The zero-order chi connectivity index (χ0) is 59.7. The van der Waals surface area contributed by atoms with Crippen molar-refractivity contribution >= 4 is 97.8 Å². The summed E-state index contributed by atoms with van der Waals surface area (Å²) in [5, 5.41) is 23.4. The Kier molecular flexibility index (Phi) is 35.0. The van der Waals surface area contributed by atoms with Gasteiger partial charge in [0.05, 0.1) is 48.1 Å². The lowest BCUT2D eigenvalue weighted by atomic mass is 9.84. The van der Waals surface area contributed by atoms with Crippen LogP contribution in [0, 0.1) is 23.7 Å². The number of thiol groups is 4. The van der Waals surface area contributed by atoms with Crippen LogP contribution in [-0.4, -0.2) is 225 Å². The Bertz CT molecular complexity index is 2130. The summed E-state index contributed by atoms with van der Waals surface area (Å²) in [5.74, 6) is -3.17. The van der Waals surface area contributed by atoms with Crippen LogP contribution in [-0.2, 0) is 57.3 Å². The molecule has 0 aromatic carbocycles. The summed E-state index contributed by atoms with van der Waals surface area (Å²) in [5.41, 5.74) is 1.27. The Balaban J connectivity index is 1.89. The summed E-state index contributed by atoms with van der Waals surface area (Å²) >= 11 is 16.8. The number of hydrogen-bond donors (Lipinski definition) is 12. The SMILES string of the molecule is C=C/C=C(/C(=O)NCCN(CCNC(=O)C1=CCCC(C(=O)NCCS)C1OC)CCN(CCNC(=O)C1=CCC[C@@H](C(=O)NCCS)C1OC)CCNC(=O)C1=CCCC(C(=O)NCCS)[C@@H]1OC)[C@@H](OC)C(C)C(=O)NCCS. The van der Waals surface area contributed by atoms with E-state index in [4.69, 9.17) is 18.9 Å². The molecular formula is C55H90N10O12S4. The number of hydrogen-bond acceptors (Lipinski definition) is 18. The van der Waals surface area contributed by atoms with Crippen molar-refractivity contribution in [3.63, 3.8) is 0 Å². The molecule has 0 saturated carbocycles. The van der Waals surface area contributed by atoms with Gasteiger partial charge in [-0.05, 0) is 38.5 Å². The zero-order valence-electron chi connectivity index (χ0n) is 47.8. The predicted octanol–water partition coefficient (Wildman–Crippen LogP) is 0.0569. The van der Waals surface area contributed by atoms with Gasteiger partial charge < -0.3 is 61.5 Å². The van der Waals surface area contributed by atoms with Gasteiger partial charge in [0.15, 0.2) is 0 Å². The maximum absolute atomic E-state index is 13.9. The molecule has 22 nitrogen and oxygen atoms in total. The van der Waals surface area contributed by atoms with E-state index in [-0.39, 0.29) is 73.1 Å². The fourth-order valence-corrected chi connectivity index (χ4v) is 10.6. The molecule has 0 fully saturated rings. The van der Waals surface area contributed by atoms with Crippen molar-refractivity contribution in [2.45, 2.75) is 69.9 Å². The van der Waals surface area contributed by atoms with Crippen LogP contribution in [0.3, 0.4) is 0 Å². The first kappa shape index (κ1) is 70.9. The highest BCUT2D eigenvalue weighted by Crippen LogP contribution is 2.30. The van der Waals surface area contributed by atoms with Gasteiger partial charge in [0.25, 0.3) is 0 Å². The lowest BCUT2D eigenvalue weighted by Gasteiger charge is -2.31. The van der Waals surface area contributed by atoms with Crippen molar-refractivity contribution in [3.05, 3.63) is 59.3 Å². The summed E-state index contributed by atoms with van der Waals surface area (Å²) in [6, 6.07) is 0. The van der Waals surface area contributed by atoms with Crippen molar-refractivity contribution in [1.82, 2.24) is 52.3 Å². The summed E-state index contributed by atoms with van der Waals surface area (Å²) in [4.78, 5) is 112. The first-order valence-corrected chi connectivity index (χ1v) is 30.3. The molecule has 3 aliphatic carbocycles. The second kappa shape index (κ2) is 40.0. The van der Waals surface area contributed by atoms with Crippen molar-refractivity contribution in [1.29, 1.82) is 0 Å². The van der Waals surface area contributed by atoms with Crippen LogP contribution in [0.5, 0.6) is 0 Å². The predicted molar refractivity (Wildman–Crippen MR) is 325 cm³/mol. The van der Waals surface area contributed by atoms with Crippen molar-refractivity contribution in [3.8, 4) is 0 Å². The lowest BCUT2D eigenvalue weighted by Crippen LogP contribution is -2.48. The molecule has 8 atom stereocenters. The first-order chi connectivity index (χ1) is 39.1. The van der Waals surface area contributed by atoms with E-state index in [0.29, 0.717) is 144 Å². The van der Waals surface area contributed by atoms with Crippen molar-refractivity contribution < 1.29 is 57.3 Å². The van der Waals surface area contributed by atoms with Crippen LogP contribution >= 0.6 is 50.5 Å². The van der Waals surface area contributed by atoms with E-state index in [9.17, 15) is 38.4 Å². The number of methoxy groups -OCH3 is 4. The van der Waals surface area contributed by atoms with E-state index in [1.165, 1.54) is 40.6 Å². The Labute approximate surface area is 500 Å². The minimum atomic E-state index is -0.903. The third-order valence-corrected chi connectivity index (χ3v) is 15.2. The number of rotatable bonds is 38. The van der Waals surface area contributed by atoms with Gasteiger partial charge in [-0.25, -0.2) is 0 Å². The molecule has 0 aromatic heterocycles. The topological polar surface area (TPSA) is 276 Å². The lowest BCUT2D eigenvalue weighted by molar-refractivity contribution is -0.131. The molecule has 0 radical (unpaired) electrons. The maximum Gasteiger partial charge on any atom is 0.249 e. The molecule has 0 aromatic rings. The number of carbonyl (C=O) groups is 8. The Morgan fingerprint density at radius 2 is 0.852 bits per heavy atom. The summed E-state index contributed by atoms with van der Waals surface area (Å²) < 4.78 is 22.9. The monoisotopic (exact) mass is 1210 g/mol. The summed E-state index contributed by atoms with van der Waals surface area (Å²) in [7, 11) is 5.83. The van der Waals surface area contributed by atoms with Crippen LogP contribution in [0.2, 0.25) is 0 Å². The molecule has 3 aliphatic rings. The molecular weight excluding hydrogens is 1120 g/mol. The molecule has 5 unspecified atom stereocenters. The van der Waals surface area contributed by atoms with Gasteiger partial charge in [0.1, 0.15) is 0 Å². The van der Waals surface area contributed by atoms with Crippen LogP contribution in [0.25, 0.3) is 0 Å². The second-order valence-electron chi connectivity index (χ2n) is 19.6. The standard InChI is InChI=1S/C55H90N10O12S4/c1-7-11-37(44(74-3)36(2)48(66)60-22-32-78)49(67)56-18-26-64(27-19-57-50(68)38-12-8-15-41(45(38)75-4)53(71)61-23-33-79)30-31-65(28-20-58-51(69)39-13-9-16-42(46(39)76-5)54(72)62-24-34-80)29-21-59-52(70)40-14-10-17-43(47(40)77-6)55(73)63-25-35-81/h7,11-14,36,41-47,78-81H,1,8-10,15-35H2,2-6H3,(H,56,67)(H,57,68)(H,58,69)(H,59,70)(H,60,66)(H,61,71)(H,62,72)(H,63,73)/b37-11+/t36?,41?,42-,43?,44+,45?,46?,47-/m1/s1. The van der Waals surface area contributed by atoms with E-state index in [0.717, 1.165) is 0 Å². The fourth-order valence-electron chi connectivity index (χ4n) is 10.2. The third kappa shape index (κ3) is 23.0. The highest BCUT2D eigenvalue weighted by atomic mass is 32.1. The van der Waals surface area contributed by atoms with E-state index in [2.05, 4.69) is 105 Å². The summed E-state index contributed by atoms with van der Waals surface area (Å²) in [6.07, 6.45) is 8.24. The maximum atomic E-state index is 13.9. The van der Waals surface area contributed by atoms with Crippen LogP contribution in [0.15, 0.2) is 59.3 Å². The molecule has 0 heterocycles. The van der Waals surface area contributed by atoms with Crippen LogP contribution in [0.1, 0.15) is 45.4 Å². The van der Waals surface area contributed by atoms with Gasteiger partial charge in [0, 0.05) is 165 Å². The molecule has 0 aliphatic heterocycles. The van der Waals surface area contributed by atoms with Gasteiger partial charge in [-0.3, -0.25) is 48.2 Å². The molecule has 3 rings (SSSR count). The second-order valence-corrected chi connectivity index (χ2v) is 21.4. The van der Waals surface area contributed by atoms with Gasteiger partial charge in [-0.2, -0.15) is 50.5 Å². The minimum absolute atomic E-state index is 0.136. The third-order valence-electron chi connectivity index (χ3n) is 14.3. The van der Waals surface area contributed by atoms with Crippen LogP contribution in [0.4, 0.5) is 0 Å². The first-order valence-electron chi connectivity index (χ1n) is 27.8. The van der Waals surface area contributed by atoms with E-state index < -0.39 is 54.0 Å². The Morgan fingerprint density at radius 1 is 0.519 bits per heavy atom. The highest BCUT2D eigenvalue weighted by molar-refractivity contribution is 7.80. The molecule has 26 heteroatoms. The van der Waals surface area contributed by atoms with E-state index in [1.807, 2.05) is 4.90 Å². The van der Waals surface area contributed by atoms with Gasteiger partial charge >= 0.3 is 0 Å². The van der Waals surface area contributed by atoms with Gasteiger partial charge in [-0.15, -0.1) is 0 Å². The van der Waals surface area contributed by atoms with Crippen LogP contribution < -0.4 is 42.5 Å². The number of ether oxygens (including phenoxy) is 4. The molecule has 0 bridgehead atoms. The molecule has 8 N–H and O–H groups in total. The highest BCUT2D eigenvalue weighted by Gasteiger charge is 2.39.